The summed E-state index contributed by atoms with van der Waals surface area (Å²) in [4.78, 5) is 10.7. The molecule has 0 unspecified atom stereocenters. The zero-order chi connectivity index (χ0) is 9.94. The second-order valence-corrected chi connectivity index (χ2v) is 2.81. The third-order valence-corrected chi connectivity index (χ3v) is 1.59. The van der Waals surface area contributed by atoms with Gasteiger partial charge < -0.3 is 10.1 Å². The van der Waals surface area contributed by atoms with E-state index in [-0.39, 0.29) is 5.91 Å². The number of carbonyl (C=O) groups is 1. The second-order valence-electron chi connectivity index (χ2n) is 2.81. The summed E-state index contributed by atoms with van der Waals surface area (Å²) < 4.78 is 5.31. The fourth-order valence-electron chi connectivity index (χ4n) is 0.806. The maximum absolute atomic E-state index is 10.7. The fourth-order valence-corrected chi connectivity index (χ4v) is 0.806. The molecule has 0 aliphatic rings. The molecule has 1 amide bonds. The molecule has 0 aromatic rings. The summed E-state index contributed by atoms with van der Waals surface area (Å²) in [5.41, 5.74) is 0. The lowest BCUT2D eigenvalue weighted by atomic mass is 10.3. The van der Waals surface area contributed by atoms with Crippen LogP contribution in [0.4, 0.5) is 0 Å². The molecule has 0 fully saturated rings. The van der Waals surface area contributed by atoms with Gasteiger partial charge in [0.25, 0.3) is 0 Å². The Morgan fingerprint density at radius 2 is 2.15 bits per heavy atom. The Morgan fingerprint density at radius 1 is 1.46 bits per heavy atom. The molecule has 13 heavy (non-hydrogen) atoms. The van der Waals surface area contributed by atoms with Gasteiger partial charge in [0.05, 0.1) is 0 Å². The van der Waals surface area contributed by atoms with E-state index in [1.54, 1.807) is 0 Å². The lowest BCUT2D eigenvalue weighted by Crippen LogP contribution is -2.22. The Bertz CT molecular complexity index is 146. The monoisotopic (exact) mass is 185 g/mol. The molecule has 0 aromatic carbocycles. The van der Waals surface area contributed by atoms with Crippen molar-refractivity contribution >= 4 is 5.91 Å². The molecular weight excluding hydrogens is 166 g/mol. The molecule has 3 nitrogen and oxygen atoms in total. The Hall–Kier alpha value is -0.830. The smallest absolute Gasteiger partial charge is 0.243 e. The molecule has 0 saturated heterocycles. The number of rotatable bonds is 8. The average Bonchev–Trinajstić information content (AvgIpc) is 2.16. The molecule has 3 heteroatoms. The minimum absolute atomic E-state index is 0.117. The lowest BCUT2D eigenvalue weighted by molar-refractivity contribution is -0.116. The summed E-state index contributed by atoms with van der Waals surface area (Å²) in [6, 6.07) is 0. The van der Waals surface area contributed by atoms with Gasteiger partial charge in [-0.1, -0.05) is 19.9 Å². The van der Waals surface area contributed by atoms with Gasteiger partial charge in [-0.15, -0.1) is 0 Å². The van der Waals surface area contributed by atoms with E-state index >= 15 is 0 Å². The van der Waals surface area contributed by atoms with Crippen molar-refractivity contribution in [2.45, 2.75) is 26.2 Å². The average molecular weight is 185 g/mol. The maximum Gasteiger partial charge on any atom is 0.243 e. The van der Waals surface area contributed by atoms with Crippen LogP contribution in [0.15, 0.2) is 12.7 Å². The minimum Gasteiger partial charge on any atom is -0.381 e. The molecular formula is C10H19NO2. The molecule has 1 N–H and O–H groups in total. The number of nitrogens with one attached hydrogen (secondary N) is 1. The highest BCUT2D eigenvalue weighted by Gasteiger charge is 1.92. The van der Waals surface area contributed by atoms with Crippen LogP contribution in [0.3, 0.4) is 0 Å². The fraction of sp³-hybridized carbons (Fsp3) is 0.700. The number of unbranched alkanes of at least 4 members (excludes halogenated alkanes) is 1. The molecule has 76 valence electrons. The predicted octanol–water partition coefficient (Wildman–Crippen LogP) is 1.50. The summed E-state index contributed by atoms with van der Waals surface area (Å²) in [7, 11) is 0. The first kappa shape index (κ1) is 12.2. The van der Waals surface area contributed by atoms with E-state index in [2.05, 4.69) is 18.8 Å². The first-order valence-corrected chi connectivity index (χ1v) is 4.79. The summed E-state index contributed by atoms with van der Waals surface area (Å²) in [5, 5.41) is 2.69. The highest BCUT2D eigenvalue weighted by Crippen LogP contribution is 1.88. The van der Waals surface area contributed by atoms with Crippen LogP contribution in [0.2, 0.25) is 0 Å². The van der Waals surface area contributed by atoms with Gasteiger partial charge in [-0.05, 0) is 18.9 Å². The van der Waals surface area contributed by atoms with Gasteiger partial charge in [-0.25, -0.2) is 0 Å². The van der Waals surface area contributed by atoms with E-state index in [1.807, 2.05) is 0 Å². The van der Waals surface area contributed by atoms with Crippen molar-refractivity contribution in [1.29, 1.82) is 0 Å². The van der Waals surface area contributed by atoms with Crippen molar-refractivity contribution in [3.05, 3.63) is 12.7 Å². The molecule has 0 aliphatic carbocycles. The van der Waals surface area contributed by atoms with Crippen LogP contribution >= 0.6 is 0 Å². The first-order chi connectivity index (χ1) is 6.31. The number of amides is 1. The van der Waals surface area contributed by atoms with E-state index in [4.69, 9.17) is 4.74 Å². The second kappa shape index (κ2) is 9.26. The van der Waals surface area contributed by atoms with Gasteiger partial charge in [-0.3, -0.25) is 4.79 Å². The van der Waals surface area contributed by atoms with Crippen molar-refractivity contribution in [2.24, 2.45) is 0 Å². The summed E-state index contributed by atoms with van der Waals surface area (Å²) in [6.07, 6.45) is 4.41. The largest absolute Gasteiger partial charge is 0.381 e. The Morgan fingerprint density at radius 3 is 2.77 bits per heavy atom. The van der Waals surface area contributed by atoms with E-state index in [1.165, 1.54) is 6.08 Å². The number of ether oxygens (including phenoxy) is 1. The van der Waals surface area contributed by atoms with Gasteiger partial charge in [0.15, 0.2) is 0 Å². The van der Waals surface area contributed by atoms with Crippen molar-refractivity contribution in [3.8, 4) is 0 Å². The zero-order valence-electron chi connectivity index (χ0n) is 8.34. The predicted molar refractivity (Wildman–Crippen MR) is 53.6 cm³/mol. The Kier molecular flexibility index (Phi) is 8.67. The molecule has 0 spiro atoms. The summed E-state index contributed by atoms with van der Waals surface area (Å²) in [5.74, 6) is -0.117. The topological polar surface area (TPSA) is 38.3 Å². The van der Waals surface area contributed by atoms with E-state index in [0.29, 0.717) is 6.54 Å². The third kappa shape index (κ3) is 9.08. The molecule has 0 saturated carbocycles. The molecule has 0 rings (SSSR count). The number of hydrogen-bond acceptors (Lipinski definition) is 2. The van der Waals surface area contributed by atoms with Crippen LogP contribution in [-0.2, 0) is 9.53 Å². The molecule has 0 bridgehead atoms. The van der Waals surface area contributed by atoms with Gasteiger partial charge in [0.2, 0.25) is 5.91 Å². The number of hydrogen-bond donors (Lipinski definition) is 1. The Balaban J connectivity index is 2.99. The van der Waals surface area contributed by atoms with E-state index in [9.17, 15) is 4.79 Å². The van der Waals surface area contributed by atoms with Crippen molar-refractivity contribution in [1.82, 2.24) is 5.32 Å². The SMILES string of the molecule is C=CC(=O)NCCCOCCCC. The van der Waals surface area contributed by atoms with E-state index < -0.39 is 0 Å². The maximum atomic E-state index is 10.7. The van der Waals surface area contributed by atoms with Gasteiger partial charge in [0, 0.05) is 19.8 Å². The van der Waals surface area contributed by atoms with E-state index in [0.717, 1.165) is 32.5 Å². The normalized spacial score (nSPS) is 9.62. The summed E-state index contributed by atoms with van der Waals surface area (Å²) in [6.45, 7) is 7.70. The summed E-state index contributed by atoms with van der Waals surface area (Å²) >= 11 is 0. The molecule has 0 radical (unpaired) electrons. The zero-order valence-corrected chi connectivity index (χ0v) is 8.34. The van der Waals surface area contributed by atoms with Gasteiger partial charge in [0.1, 0.15) is 0 Å². The first-order valence-electron chi connectivity index (χ1n) is 4.79. The lowest BCUT2D eigenvalue weighted by Gasteiger charge is -2.03. The van der Waals surface area contributed by atoms with Crippen molar-refractivity contribution in [2.75, 3.05) is 19.8 Å². The molecule has 0 heterocycles. The van der Waals surface area contributed by atoms with Crippen LogP contribution in [0.1, 0.15) is 26.2 Å². The molecule has 0 aliphatic heterocycles. The molecule has 0 aromatic heterocycles. The van der Waals surface area contributed by atoms with Gasteiger partial charge >= 0.3 is 0 Å². The highest BCUT2D eigenvalue weighted by molar-refractivity contribution is 5.86. The van der Waals surface area contributed by atoms with Gasteiger partial charge in [-0.2, -0.15) is 0 Å². The molecule has 0 atom stereocenters. The highest BCUT2D eigenvalue weighted by atomic mass is 16.5. The quantitative estimate of drug-likeness (QED) is 0.459. The minimum atomic E-state index is -0.117. The van der Waals surface area contributed by atoms with Crippen molar-refractivity contribution < 1.29 is 9.53 Å². The van der Waals surface area contributed by atoms with Crippen LogP contribution in [0.5, 0.6) is 0 Å². The standard InChI is InChI=1S/C10H19NO2/c1-3-5-8-13-9-6-7-11-10(12)4-2/h4H,2-3,5-9H2,1H3,(H,11,12). The number of carbonyl (C=O) groups excluding carboxylic acids is 1. The van der Waals surface area contributed by atoms with Crippen LogP contribution < -0.4 is 5.32 Å². The third-order valence-electron chi connectivity index (χ3n) is 1.59. The Labute approximate surface area is 80.2 Å². The van der Waals surface area contributed by atoms with Crippen LogP contribution in [-0.4, -0.2) is 25.7 Å². The van der Waals surface area contributed by atoms with Crippen LogP contribution in [0.25, 0.3) is 0 Å². The van der Waals surface area contributed by atoms with Crippen molar-refractivity contribution in [3.63, 3.8) is 0 Å². The van der Waals surface area contributed by atoms with Crippen LogP contribution in [0, 0.1) is 0 Å².